The molecule has 0 fully saturated rings. The normalized spacial score (nSPS) is 14.9. The third-order valence-corrected chi connectivity index (χ3v) is 0.695. The van der Waals surface area contributed by atoms with Crippen molar-refractivity contribution < 1.29 is 9.84 Å². The molecule has 0 aromatic rings. The molecule has 0 rings (SSSR count). The molecule has 1 atom stereocenters. The highest BCUT2D eigenvalue weighted by molar-refractivity contribution is 4.79. The summed E-state index contributed by atoms with van der Waals surface area (Å²) in [4.78, 5) is 0. The van der Waals surface area contributed by atoms with E-state index in [1.807, 2.05) is 13.8 Å². The minimum atomic E-state index is -0.718. The number of hydrogen-bond donors (Lipinski definition) is 1. The van der Waals surface area contributed by atoms with Crippen molar-refractivity contribution >= 4 is 0 Å². The molecular weight excluding hydrogens is 104 g/mol. The summed E-state index contributed by atoms with van der Waals surface area (Å²) in [5.74, 6) is 0. The van der Waals surface area contributed by atoms with E-state index in [4.69, 9.17) is 9.84 Å². The quantitative estimate of drug-likeness (QED) is 0.439. The van der Waals surface area contributed by atoms with Gasteiger partial charge in [0.15, 0.2) is 6.29 Å². The van der Waals surface area contributed by atoms with Gasteiger partial charge >= 0.3 is 0 Å². The third kappa shape index (κ3) is 3.84. The van der Waals surface area contributed by atoms with E-state index < -0.39 is 6.29 Å². The van der Waals surface area contributed by atoms with E-state index in [0.717, 1.165) is 0 Å². The Balaban J connectivity index is 3.17. The number of aliphatic hydroxyl groups excluding tert-OH is 1. The average Bonchev–Trinajstić information content (AvgIpc) is 1.68. The van der Waals surface area contributed by atoms with Crippen molar-refractivity contribution in [3.63, 3.8) is 0 Å². The second kappa shape index (κ2) is 4.81. The zero-order valence-corrected chi connectivity index (χ0v) is 5.29. The van der Waals surface area contributed by atoms with E-state index in [0.29, 0.717) is 6.61 Å². The fourth-order valence-corrected chi connectivity index (χ4v) is 0.391. The molecule has 0 aromatic heterocycles. The predicted molar refractivity (Wildman–Crippen MR) is 32.4 cm³/mol. The first kappa shape index (κ1) is 7.66. The number of hydrogen-bond acceptors (Lipinski definition) is 2. The van der Waals surface area contributed by atoms with Crippen molar-refractivity contribution in [1.82, 2.24) is 0 Å². The number of ether oxygens (including phenoxy) is 1. The van der Waals surface area contributed by atoms with E-state index in [9.17, 15) is 0 Å². The van der Waals surface area contributed by atoms with Crippen LogP contribution in [-0.2, 0) is 4.74 Å². The molecule has 8 heavy (non-hydrogen) atoms. The van der Waals surface area contributed by atoms with Crippen LogP contribution in [0.4, 0.5) is 0 Å². The van der Waals surface area contributed by atoms with Gasteiger partial charge in [-0.2, -0.15) is 0 Å². The van der Waals surface area contributed by atoms with Gasteiger partial charge in [-0.25, -0.2) is 0 Å². The molecule has 0 saturated carbocycles. The van der Waals surface area contributed by atoms with Gasteiger partial charge in [-0.15, -0.1) is 0 Å². The fraction of sp³-hybridized carbons (Fsp3) is 0.667. The molecule has 0 spiro atoms. The lowest BCUT2D eigenvalue weighted by atomic mass is 10.5. The minimum Gasteiger partial charge on any atom is -0.365 e. The van der Waals surface area contributed by atoms with Crippen molar-refractivity contribution in [3.8, 4) is 0 Å². The predicted octanol–water partition coefficient (Wildman–Crippen LogP) is 0.917. The summed E-state index contributed by atoms with van der Waals surface area (Å²) in [7, 11) is 0. The Kier molecular flexibility index (Phi) is 4.61. The second-order valence-corrected chi connectivity index (χ2v) is 1.37. The first-order valence-electron chi connectivity index (χ1n) is 2.73. The van der Waals surface area contributed by atoms with Crippen molar-refractivity contribution in [2.24, 2.45) is 0 Å². The largest absolute Gasteiger partial charge is 0.365 e. The molecule has 2 heteroatoms. The van der Waals surface area contributed by atoms with Gasteiger partial charge < -0.3 is 9.84 Å². The highest BCUT2D eigenvalue weighted by Crippen LogP contribution is 1.86. The third-order valence-electron chi connectivity index (χ3n) is 0.695. The van der Waals surface area contributed by atoms with Gasteiger partial charge in [-0.3, -0.25) is 0 Å². The van der Waals surface area contributed by atoms with Crippen molar-refractivity contribution in [2.45, 2.75) is 20.1 Å². The molecule has 0 aliphatic rings. The maximum absolute atomic E-state index is 8.74. The van der Waals surface area contributed by atoms with Crippen LogP contribution in [0, 0.1) is 0 Å². The topological polar surface area (TPSA) is 29.5 Å². The monoisotopic (exact) mass is 116 g/mol. The zero-order chi connectivity index (χ0) is 6.41. The lowest BCUT2D eigenvalue weighted by molar-refractivity contribution is -0.0587. The average molecular weight is 116 g/mol. The van der Waals surface area contributed by atoms with Crippen LogP contribution in [0.25, 0.3) is 0 Å². The van der Waals surface area contributed by atoms with Crippen LogP contribution >= 0.6 is 0 Å². The Morgan fingerprint density at radius 2 is 2.38 bits per heavy atom. The standard InChI is InChI=1S/C6H12O2/c1-3-5-6(7)8-4-2/h3,5-7H,4H2,1-2H3. The lowest BCUT2D eigenvalue weighted by Gasteiger charge is -2.02. The molecule has 2 nitrogen and oxygen atoms in total. The molecule has 0 radical (unpaired) electrons. The number of allylic oxidation sites excluding steroid dienone is 1. The van der Waals surface area contributed by atoms with Crippen LogP contribution in [0.1, 0.15) is 13.8 Å². The maximum Gasteiger partial charge on any atom is 0.174 e. The summed E-state index contributed by atoms with van der Waals surface area (Å²) in [6.45, 7) is 4.22. The zero-order valence-electron chi connectivity index (χ0n) is 5.29. The Morgan fingerprint density at radius 1 is 1.75 bits per heavy atom. The molecule has 0 amide bonds. The Morgan fingerprint density at radius 3 is 2.75 bits per heavy atom. The first-order valence-corrected chi connectivity index (χ1v) is 2.73. The van der Waals surface area contributed by atoms with Crippen LogP contribution in [0.2, 0.25) is 0 Å². The molecule has 48 valence electrons. The summed E-state index contributed by atoms with van der Waals surface area (Å²) in [5, 5.41) is 8.74. The van der Waals surface area contributed by atoms with Gasteiger partial charge in [0.2, 0.25) is 0 Å². The van der Waals surface area contributed by atoms with Crippen molar-refractivity contribution in [3.05, 3.63) is 12.2 Å². The molecule has 0 aromatic carbocycles. The van der Waals surface area contributed by atoms with Crippen LogP contribution in [0.5, 0.6) is 0 Å². The van der Waals surface area contributed by atoms with Crippen molar-refractivity contribution in [1.29, 1.82) is 0 Å². The molecule has 0 heterocycles. The fourth-order valence-electron chi connectivity index (χ4n) is 0.391. The van der Waals surface area contributed by atoms with Crippen LogP contribution in [-0.4, -0.2) is 18.0 Å². The van der Waals surface area contributed by atoms with E-state index in [2.05, 4.69) is 0 Å². The van der Waals surface area contributed by atoms with Crippen molar-refractivity contribution in [2.75, 3.05) is 6.61 Å². The number of aliphatic hydroxyl groups is 1. The van der Waals surface area contributed by atoms with Gasteiger partial charge in [-0.1, -0.05) is 6.08 Å². The Hall–Kier alpha value is -0.340. The molecular formula is C6H12O2. The van der Waals surface area contributed by atoms with Gasteiger partial charge in [-0.05, 0) is 19.9 Å². The van der Waals surface area contributed by atoms with Gasteiger partial charge in [0.1, 0.15) is 0 Å². The molecule has 0 saturated heterocycles. The first-order chi connectivity index (χ1) is 3.81. The van der Waals surface area contributed by atoms with E-state index in [-0.39, 0.29) is 0 Å². The van der Waals surface area contributed by atoms with Gasteiger partial charge in [0.25, 0.3) is 0 Å². The maximum atomic E-state index is 8.74. The number of rotatable bonds is 3. The Labute approximate surface area is 49.8 Å². The summed E-state index contributed by atoms with van der Waals surface area (Å²) < 4.78 is 4.75. The summed E-state index contributed by atoms with van der Waals surface area (Å²) in [6, 6.07) is 0. The van der Waals surface area contributed by atoms with E-state index in [1.54, 1.807) is 12.2 Å². The van der Waals surface area contributed by atoms with Crippen LogP contribution in [0.15, 0.2) is 12.2 Å². The molecule has 1 unspecified atom stereocenters. The SMILES string of the molecule is CC=CC(O)OCC. The Bertz CT molecular complexity index is 68.9. The lowest BCUT2D eigenvalue weighted by Crippen LogP contribution is -2.06. The highest BCUT2D eigenvalue weighted by Gasteiger charge is 1.91. The van der Waals surface area contributed by atoms with Gasteiger partial charge in [0.05, 0.1) is 0 Å². The summed E-state index contributed by atoms with van der Waals surface area (Å²) >= 11 is 0. The molecule has 0 aliphatic carbocycles. The van der Waals surface area contributed by atoms with E-state index in [1.165, 1.54) is 0 Å². The smallest absolute Gasteiger partial charge is 0.174 e. The minimum absolute atomic E-state index is 0.547. The van der Waals surface area contributed by atoms with Gasteiger partial charge in [0, 0.05) is 6.61 Å². The molecule has 0 aliphatic heterocycles. The van der Waals surface area contributed by atoms with E-state index >= 15 is 0 Å². The van der Waals surface area contributed by atoms with Crippen LogP contribution < -0.4 is 0 Å². The highest BCUT2D eigenvalue weighted by atomic mass is 16.6. The molecule has 0 bridgehead atoms. The summed E-state index contributed by atoms with van der Waals surface area (Å²) in [6.07, 6.45) is 2.62. The summed E-state index contributed by atoms with van der Waals surface area (Å²) in [5.41, 5.74) is 0. The van der Waals surface area contributed by atoms with Crippen LogP contribution in [0.3, 0.4) is 0 Å². The second-order valence-electron chi connectivity index (χ2n) is 1.37. The molecule has 1 N–H and O–H groups in total.